The summed E-state index contributed by atoms with van der Waals surface area (Å²) in [5.41, 5.74) is 5.99. The standard InChI is InChI=1S/C20H20N6/c1-13-7-18-16(20(24-12-23-18)25-9-14(8-21)10-25)11-26(13)19-5-6-22-17-4-2-3-15(17)19/h2-3,5-6,12-14H,4,7,9-11H2,1H3/t13-/m1/s1. The van der Waals surface area contributed by atoms with Gasteiger partial charge in [0, 0.05) is 61.5 Å². The SMILES string of the molecule is C[C@@H]1Cc2ncnc(N3CC(C#N)C3)c2CN1c1ccnc2c1C=CC2. The predicted octanol–water partition coefficient (Wildman–Crippen LogP) is 2.35. The Kier molecular flexibility index (Phi) is 3.42. The molecule has 6 heteroatoms. The van der Waals surface area contributed by atoms with Crippen LogP contribution >= 0.6 is 0 Å². The van der Waals surface area contributed by atoms with Gasteiger partial charge in [0.25, 0.3) is 0 Å². The second-order valence-electron chi connectivity index (χ2n) is 7.33. The number of nitrogens with zero attached hydrogens (tertiary/aromatic N) is 6. The number of pyridine rings is 1. The molecule has 0 aromatic carbocycles. The van der Waals surface area contributed by atoms with Crippen molar-refractivity contribution < 1.29 is 0 Å². The van der Waals surface area contributed by atoms with E-state index < -0.39 is 0 Å². The predicted molar refractivity (Wildman–Crippen MR) is 99.7 cm³/mol. The Labute approximate surface area is 152 Å². The molecule has 3 aliphatic rings. The van der Waals surface area contributed by atoms with E-state index in [0.717, 1.165) is 49.7 Å². The van der Waals surface area contributed by atoms with E-state index in [-0.39, 0.29) is 5.92 Å². The number of fused-ring (bicyclic) bond motifs is 2. The monoisotopic (exact) mass is 344 g/mol. The van der Waals surface area contributed by atoms with Crippen LogP contribution in [0.3, 0.4) is 0 Å². The van der Waals surface area contributed by atoms with Gasteiger partial charge < -0.3 is 9.80 Å². The fraction of sp³-hybridized carbons (Fsp3) is 0.400. The number of hydrogen-bond donors (Lipinski definition) is 0. The first-order chi connectivity index (χ1) is 12.7. The maximum absolute atomic E-state index is 9.07. The van der Waals surface area contributed by atoms with Crippen LogP contribution in [0.15, 0.2) is 24.7 Å². The minimum atomic E-state index is 0.118. The van der Waals surface area contributed by atoms with E-state index in [1.807, 2.05) is 6.20 Å². The molecular formula is C20H20N6. The van der Waals surface area contributed by atoms with Crippen LogP contribution in [-0.2, 0) is 19.4 Å². The van der Waals surface area contributed by atoms with Gasteiger partial charge in [-0.1, -0.05) is 12.2 Å². The van der Waals surface area contributed by atoms with Crippen molar-refractivity contribution >= 4 is 17.6 Å². The largest absolute Gasteiger partial charge is 0.363 e. The van der Waals surface area contributed by atoms with Gasteiger partial charge in [-0.15, -0.1) is 0 Å². The van der Waals surface area contributed by atoms with Crippen molar-refractivity contribution in [1.29, 1.82) is 5.26 Å². The highest BCUT2D eigenvalue weighted by atomic mass is 15.3. The van der Waals surface area contributed by atoms with Gasteiger partial charge in [-0.05, 0) is 13.0 Å². The number of nitriles is 1. The molecule has 1 aliphatic carbocycles. The van der Waals surface area contributed by atoms with E-state index in [1.54, 1.807) is 6.33 Å². The average molecular weight is 344 g/mol. The van der Waals surface area contributed by atoms with Crippen LogP contribution in [-0.4, -0.2) is 34.1 Å². The molecule has 6 nitrogen and oxygen atoms in total. The summed E-state index contributed by atoms with van der Waals surface area (Å²) in [6.45, 7) is 4.59. The molecule has 0 saturated carbocycles. The van der Waals surface area contributed by atoms with Crippen LogP contribution in [0.2, 0.25) is 0 Å². The maximum atomic E-state index is 9.07. The summed E-state index contributed by atoms with van der Waals surface area (Å²) < 4.78 is 0. The summed E-state index contributed by atoms with van der Waals surface area (Å²) in [4.78, 5) is 18.3. The Hall–Kier alpha value is -2.94. The van der Waals surface area contributed by atoms with Crippen molar-refractivity contribution in [3.63, 3.8) is 0 Å². The summed E-state index contributed by atoms with van der Waals surface area (Å²) in [6.07, 6.45) is 9.78. The first kappa shape index (κ1) is 15.3. The average Bonchev–Trinajstić information content (AvgIpc) is 3.09. The third-order valence-corrected chi connectivity index (χ3v) is 5.68. The van der Waals surface area contributed by atoms with Gasteiger partial charge in [0.05, 0.1) is 23.4 Å². The molecule has 0 spiro atoms. The van der Waals surface area contributed by atoms with Crippen molar-refractivity contribution in [2.75, 3.05) is 22.9 Å². The fourth-order valence-corrected chi connectivity index (χ4v) is 4.21. The smallest absolute Gasteiger partial charge is 0.137 e. The lowest BCUT2D eigenvalue weighted by Crippen LogP contribution is -2.48. The van der Waals surface area contributed by atoms with E-state index in [0.29, 0.717) is 6.04 Å². The van der Waals surface area contributed by atoms with Crippen LogP contribution in [0.25, 0.3) is 6.08 Å². The molecule has 0 unspecified atom stereocenters. The van der Waals surface area contributed by atoms with Gasteiger partial charge in [-0.2, -0.15) is 5.26 Å². The molecule has 1 saturated heterocycles. The van der Waals surface area contributed by atoms with E-state index in [2.05, 4.69) is 56.0 Å². The van der Waals surface area contributed by atoms with Gasteiger partial charge in [0.1, 0.15) is 12.1 Å². The van der Waals surface area contributed by atoms with Crippen LogP contribution < -0.4 is 9.80 Å². The Morgan fingerprint density at radius 1 is 1.19 bits per heavy atom. The van der Waals surface area contributed by atoms with Gasteiger partial charge in [-0.25, -0.2) is 9.97 Å². The summed E-state index contributed by atoms with van der Waals surface area (Å²) in [5, 5.41) is 9.07. The molecule has 4 heterocycles. The second-order valence-corrected chi connectivity index (χ2v) is 7.33. The maximum Gasteiger partial charge on any atom is 0.137 e. The Balaban J connectivity index is 1.52. The summed E-state index contributed by atoms with van der Waals surface area (Å²) >= 11 is 0. The molecular weight excluding hydrogens is 324 g/mol. The lowest BCUT2D eigenvalue weighted by Gasteiger charge is -2.41. The molecule has 1 atom stereocenters. The van der Waals surface area contributed by atoms with Crippen LogP contribution in [0, 0.1) is 17.2 Å². The summed E-state index contributed by atoms with van der Waals surface area (Å²) in [7, 11) is 0. The third-order valence-electron chi connectivity index (χ3n) is 5.68. The normalized spacial score (nSPS) is 21.2. The number of anilines is 2. The number of allylic oxidation sites excluding steroid dienone is 1. The molecule has 0 bridgehead atoms. The molecule has 5 rings (SSSR count). The topological polar surface area (TPSA) is 68.9 Å². The number of hydrogen-bond acceptors (Lipinski definition) is 6. The highest BCUT2D eigenvalue weighted by Gasteiger charge is 2.34. The molecule has 0 amide bonds. The Bertz CT molecular complexity index is 938. The van der Waals surface area contributed by atoms with Crippen LogP contribution in [0.1, 0.15) is 29.4 Å². The molecule has 130 valence electrons. The van der Waals surface area contributed by atoms with Crippen molar-refractivity contribution in [2.24, 2.45) is 5.92 Å². The molecule has 1 fully saturated rings. The summed E-state index contributed by atoms with van der Waals surface area (Å²) in [5.74, 6) is 1.12. The first-order valence-corrected chi connectivity index (χ1v) is 9.13. The molecule has 2 aromatic rings. The van der Waals surface area contributed by atoms with Crippen molar-refractivity contribution in [3.05, 3.63) is 47.2 Å². The van der Waals surface area contributed by atoms with Crippen molar-refractivity contribution in [1.82, 2.24) is 15.0 Å². The molecule has 26 heavy (non-hydrogen) atoms. The first-order valence-electron chi connectivity index (χ1n) is 9.13. The Morgan fingerprint density at radius 3 is 2.92 bits per heavy atom. The fourth-order valence-electron chi connectivity index (χ4n) is 4.21. The zero-order chi connectivity index (χ0) is 17.7. The Morgan fingerprint density at radius 2 is 2.08 bits per heavy atom. The van der Waals surface area contributed by atoms with Gasteiger partial charge in [0.15, 0.2) is 0 Å². The zero-order valence-corrected chi connectivity index (χ0v) is 14.8. The van der Waals surface area contributed by atoms with E-state index >= 15 is 0 Å². The van der Waals surface area contributed by atoms with Gasteiger partial charge >= 0.3 is 0 Å². The minimum absolute atomic E-state index is 0.118. The van der Waals surface area contributed by atoms with Crippen molar-refractivity contribution in [3.8, 4) is 6.07 Å². The van der Waals surface area contributed by atoms with Gasteiger partial charge in [0.2, 0.25) is 0 Å². The van der Waals surface area contributed by atoms with E-state index in [4.69, 9.17) is 5.26 Å². The molecule has 0 radical (unpaired) electrons. The van der Waals surface area contributed by atoms with E-state index in [1.165, 1.54) is 16.8 Å². The lowest BCUT2D eigenvalue weighted by atomic mass is 9.95. The highest BCUT2D eigenvalue weighted by molar-refractivity contribution is 5.73. The summed E-state index contributed by atoms with van der Waals surface area (Å²) in [6, 6.07) is 4.83. The highest BCUT2D eigenvalue weighted by Crippen LogP contribution is 2.37. The van der Waals surface area contributed by atoms with Crippen molar-refractivity contribution in [2.45, 2.75) is 32.4 Å². The zero-order valence-electron chi connectivity index (χ0n) is 14.8. The van der Waals surface area contributed by atoms with Crippen LogP contribution in [0.4, 0.5) is 11.5 Å². The number of aromatic nitrogens is 3. The van der Waals surface area contributed by atoms with E-state index in [9.17, 15) is 0 Å². The minimum Gasteiger partial charge on any atom is -0.363 e. The third kappa shape index (κ3) is 2.27. The number of rotatable bonds is 2. The molecule has 2 aliphatic heterocycles. The molecule has 2 aromatic heterocycles. The quantitative estimate of drug-likeness (QED) is 0.833. The van der Waals surface area contributed by atoms with Gasteiger partial charge in [-0.3, -0.25) is 4.98 Å². The van der Waals surface area contributed by atoms with Crippen LogP contribution in [0.5, 0.6) is 0 Å². The second kappa shape index (κ2) is 5.80. The molecule has 0 N–H and O–H groups in total. The lowest BCUT2D eigenvalue weighted by molar-refractivity contribution is 0.491.